The van der Waals surface area contributed by atoms with Gasteiger partial charge in [0.15, 0.2) is 5.82 Å². The monoisotopic (exact) mass is 403 g/mol. The Morgan fingerprint density at radius 1 is 1.23 bits per heavy atom. The summed E-state index contributed by atoms with van der Waals surface area (Å²) in [7, 11) is 1.45. The van der Waals surface area contributed by atoms with Crippen LogP contribution in [0.1, 0.15) is 30.1 Å². The van der Waals surface area contributed by atoms with E-state index in [0.29, 0.717) is 17.1 Å². The molecule has 0 bridgehead atoms. The summed E-state index contributed by atoms with van der Waals surface area (Å²) in [5, 5.41) is 17.6. The maximum absolute atomic E-state index is 11.7. The second-order valence-corrected chi connectivity index (χ2v) is 7.60. The maximum atomic E-state index is 11.7. The van der Waals surface area contributed by atoms with Gasteiger partial charge in [-0.25, -0.2) is 14.8 Å². The quantitative estimate of drug-likeness (QED) is 0.533. The summed E-state index contributed by atoms with van der Waals surface area (Å²) in [6, 6.07) is 9.55. The molecule has 2 aromatic carbocycles. The van der Waals surface area contributed by atoms with Gasteiger partial charge in [0, 0.05) is 29.6 Å². The van der Waals surface area contributed by atoms with E-state index in [0.717, 1.165) is 47.4 Å². The van der Waals surface area contributed by atoms with Crippen molar-refractivity contribution in [2.24, 2.45) is 0 Å². The fourth-order valence-corrected chi connectivity index (χ4v) is 4.14. The zero-order chi connectivity index (χ0) is 20.8. The van der Waals surface area contributed by atoms with Crippen molar-refractivity contribution in [3.8, 4) is 17.0 Å². The van der Waals surface area contributed by atoms with Gasteiger partial charge in [-0.05, 0) is 38.0 Å². The number of aromatic amines is 1. The summed E-state index contributed by atoms with van der Waals surface area (Å²) in [6.07, 6.45) is 3.96. The van der Waals surface area contributed by atoms with Crippen molar-refractivity contribution in [2.75, 3.05) is 18.6 Å². The van der Waals surface area contributed by atoms with Gasteiger partial charge in [-0.1, -0.05) is 6.07 Å². The summed E-state index contributed by atoms with van der Waals surface area (Å²) < 4.78 is 5.28. The molecule has 5 rings (SSSR count). The highest BCUT2D eigenvalue weighted by Crippen LogP contribution is 2.36. The van der Waals surface area contributed by atoms with Gasteiger partial charge in [-0.2, -0.15) is 5.10 Å². The van der Waals surface area contributed by atoms with E-state index in [1.807, 2.05) is 18.2 Å². The van der Waals surface area contributed by atoms with Gasteiger partial charge in [0.1, 0.15) is 17.0 Å². The van der Waals surface area contributed by atoms with Gasteiger partial charge in [0.05, 0.1) is 29.9 Å². The Hall–Kier alpha value is -3.68. The number of H-pyrrole nitrogens is 1. The zero-order valence-electron chi connectivity index (χ0n) is 16.7. The third kappa shape index (κ3) is 2.92. The van der Waals surface area contributed by atoms with Crippen LogP contribution >= 0.6 is 0 Å². The van der Waals surface area contributed by atoms with E-state index in [1.54, 1.807) is 12.3 Å². The van der Waals surface area contributed by atoms with Crippen molar-refractivity contribution < 1.29 is 14.6 Å². The highest BCUT2D eigenvalue weighted by Gasteiger charge is 2.26. The minimum Gasteiger partial charge on any atom is -0.496 e. The average Bonchev–Trinajstić information content (AvgIpc) is 3.39. The number of methoxy groups -OCH3 is 1. The number of anilines is 1. The molecule has 1 aliphatic heterocycles. The SMILES string of the molecule is COc1cc2nc(-c3ccc4[nH]ncc4c3)c(N3CCCC3C)nc2cc1C(=O)O. The molecular weight excluding hydrogens is 382 g/mol. The number of hydrogen-bond donors (Lipinski definition) is 2. The number of aromatic nitrogens is 4. The molecule has 2 N–H and O–H groups in total. The molecule has 1 fully saturated rings. The number of carboxylic acids is 1. The molecule has 30 heavy (non-hydrogen) atoms. The van der Waals surface area contributed by atoms with Crippen LogP contribution in [0, 0.1) is 0 Å². The summed E-state index contributed by atoms with van der Waals surface area (Å²) in [6.45, 7) is 3.07. The number of aromatic carboxylic acids is 1. The molecular formula is C22H21N5O3. The van der Waals surface area contributed by atoms with Crippen LogP contribution in [0.2, 0.25) is 0 Å². The van der Waals surface area contributed by atoms with E-state index in [4.69, 9.17) is 14.7 Å². The number of nitrogens with zero attached hydrogens (tertiary/aromatic N) is 4. The Kier molecular flexibility index (Phi) is 4.27. The first kappa shape index (κ1) is 18.4. The van der Waals surface area contributed by atoms with E-state index < -0.39 is 5.97 Å². The van der Waals surface area contributed by atoms with Gasteiger partial charge in [0.2, 0.25) is 0 Å². The van der Waals surface area contributed by atoms with E-state index in [-0.39, 0.29) is 11.3 Å². The summed E-state index contributed by atoms with van der Waals surface area (Å²) in [5.41, 5.74) is 3.87. The molecule has 0 aliphatic carbocycles. The van der Waals surface area contributed by atoms with Gasteiger partial charge < -0.3 is 14.7 Å². The third-order valence-corrected chi connectivity index (χ3v) is 5.74. The molecule has 8 nitrogen and oxygen atoms in total. The van der Waals surface area contributed by atoms with Crippen LogP contribution in [0.15, 0.2) is 36.5 Å². The van der Waals surface area contributed by atoms with E-state index in [1.165, 1.54) is 13.2 Å². The second-order valence-electron chi connectivity index (χ2n) is 7.60. The highest BCUT2D eigenvalue weighted by molar-refractivity contribution is 5.97. The standard InChI is InChI=1S/C22H21N5O3/c1-12-4-3-7-27(12)21-20(13-5-6-16-14(8-13)11-23-26-16)24-18-10-19(30-2)15(22(28)29)9-17(18)25-21/h5-6,8-12H,3-4,7H2,1-2H3,(H,23,26)(H,28,29). The molecule has 1 unspecified atom stereocenters. The second kappa shape index (κ2) is 6.98. The lowest BCUT2D eigenvalue weighted by Gasteiger charge is -2.25. The molecule has 3 heterocycles. The number of nitrogens with one attached hydrogen (secondary N) is 1. The van der Waals surface area contributed by atoms with Gasteiger partial charge in [0.25, 0.3) is 0 Å². The Labute approximate surface area is 172 Å². The number of carboxylic acid groups (broad SMARTS) is 1. The van der Waals surface area contributed by atoms with Gasteiger partial charge in [-0.15, -0.1) is 0 Å². The minimum absolute atomic E-state index is 0.0762. The molecule has 4 aromatic rings. The number of carbonyl (C=O) groups is 1. The third-order valence-electron chi connectivity index (χ3n) is 5.74. The molecule has 0 radical (unpaired) electrons. The first-order chi connectivity index (χ1) is 14.5. The van der Waals surface area contributed by atoms with Crippen LogP contribution in [0.5, 0.6) is 5.75 Å². The van der Waals surface area contributed by atoms with Crippen LogP contribution in [0.3, 0.4) is 0 Å². The van der Waals surface area contributed by atoms with Gasteiger partial charge >= 0.3 is 5.97 Å². The van der Waals surface area contributed by atoms with E-state index in [2.05, 4.69) is 22.0 Å². The molecule has 1 saturated heterocycles. The maximum Gasteiger partial charge on any atom is 0.339 e. The number of benzene rings is 2. The Morgan fingerprint density at radius 2 is 2.07 bits per heavy atom. The van der Waals surface area contributed by atoms with Crippen molar-refractivity contribution in [1.82, 2.24) is 20.2 Å². The van der Waals surface area contributed by atoms with Gasteiger partial charge in [-0.3, -0.25) is 5.10 Å². The normalized spacial score (nSPS) is 16.5. The summed E-state index contributed by atoms with van der Waals surface area (Å²) in [5.74, 6) is -0.0131. The fraction of sp³-hybridized carbons (Fsp3) is 0.273. The summed E-state index contributed by atoms with van der Waals surface area (Å²) in [4.78, 5) is 23.7. The number of rotatable bonds is 4. The molecule has 1 aliphatic rings. The lowest BCUT2D eigenvalue weighted by Crippen LogP contribution is -2.28. The smallest absolute Gasteiger partial charge is 0.339 e. The van der Waals surface area contributed by atoms with Crippen molar-refractivity contribution in [1.29, 1.82) is 0 Å². The lowest BCUT2D eigenvalue weighted by atomic mass is 10.1. The zero-order valence-corrected chi connectivity index (χ0v) is 16.7. The van der Waals surface area contributed by atoms with Crippen LogP contribution in [-0.2, 0) is 0 Å². The van der Waals surface area contributed by atoms with Crippen molar-refractivity contribution in [2.45, 2.75) is 25.8 Å². The molecule has 1 atom stereocenters. The fourth-order valence-electron chi connectivity index (χ4n) is 4.14. The number of ether oxygens (including phenoxy) is 1. The predicted octanol–water partition coefficient (Wildman–Crippen LogP) is 3.87. The molecule has 0 amide bonds. The number of hydrogen-bond acceptors (Lipinski definition) is 6. The van der Waals surface area contributed by atoms with Crippen LogP contribution < -0.4 is 9.64 Å². The molecule has 8 heteroatoms. The van der Waals surface area contributed by atoms with Crippen LogP contribution in [0.25, 0.3) is 33.2 Å². The Bertz CT molecular complexity index is 1280. The largest absolute Gasteiger partial charge is 0.496 e. The van der Waals surface area contributed by atoms with Crippen molar-refractivity contribution in [3.05, 3.63) is 42.1 Å². The van der Waals surface area contributed by atoms with Crippen LogP contribution in [-0.4, -0.2) is 50.9 Å². The number of fused-ring (bicyclic) bond motifs is 2. The minimum atomic E-state index is -1.05. The average molecular weight is 403 g/mol. The predicted molar refractivity (Wildman–Crippen MR) is 114 cm³/mol. The van der Waals surface area contributed by atoms with E-state index >= 15 is 0 Å². The van der Waals surface area contributed by atoms with Crippen molar-refractivity contribution >= 4 is 33.7 Å². The first-order valence-electron chi connectivity index (χ1n) is 9.88. The molecule has 2 aromatic heterocycles. The lowest BCUT2D eigenvalue weighted by molar-refractivity contribution is 0.0693. The van der Waals surface area contributed by atoms with E-state index in [9.17, 15) is 9.90 Å². The molecule has 0 saturated carbocycles. The summed E-state index contributed by atoms with van der Waals surface area (Å²) >= 11 is 0. The molecule has 152 valence electrons. The Balaban J connectivity index is 1.77. The molecule has 0 spiro atoms. The topological polar surface area (TPSA) is 104 Å². The van der Waals surface area contributed by atoms with Crippen molar-refractivity contribution in [3.63, 3.8) is 0 Å². The first-order valence-corrected chi connectivity index (χ1v) is 9.88. The highest BCUT2D eigenvalue weighted by atomic mass is 16.5. The van der Waals surface area contributed by atoms with Crippen LogP contribution in [0.4, 0.5) is 5.82 Å². The Morgan fingerprint density at radius 3 is 2.80 bits per heavy atom.